The van der Waals surface area contributed by atoms with E-state index >= 15 is 0 Å². The number of aromatic amines is 1. The van der Waals surface area contributed by atoms with Crippen LogP contribution < -0.4 is 5.32 Å². The molecule has 1 unspecified atom stereocenters. The van der Waals surface area contributed by atoms with Crippen molar-refractivity contribution >= 4 is 5.91 Å². The number of hydrogen-bond donors (Lipinski definition) is 2. The van der Waals surface area contributed by atoms with E-state index in [2.05, 4.69) is 20.5 Å². The summed E-state index contributed by atoms with van der Waals surface area (Å²) in [6, 6.07) is 3.44. The number of nitrogens with one attached hydrogen (secondary N) is 2. The van der Waals surface area contributed by atoms with Gasteiger partial charge in [-0.05, 0) is 26.0 Å². The molecule has 0 aliphatic heterocycles. The van der Waals surface area contributed by atoms with E-state index in [1.54, 1.807) is 30.7 Å². The third-order valence-electron chi connectivity index (χ3n) is 2.62. The molecule has 1 amide bonds. The number of nitrogens with zero attached hydrogens (tertiary/aromatic N) is 2. The number of carbonyl (C=O) groups is 1. The monoisotopic (exact) mass is 230 g/mol. The summed E-state index contributed by atoms with van der Waals surface area (Å²) in [5, 5.41) is 9.47. The number of aromatic nitrogens is 3. The molecule has 2 aromatic heterocycles. The van der Waals surface area contributed by atoms with E-state index in [1.165, 1.54) is 0 Å². The van der Waals surface area contributed by atoms with Gasteiger partial charge in [-0.25, -0.2) is 0 Å². The van der Waals surface area contributed by atoms with Crippen LogP contribution in [0.15, 0.2) is 30.7 Å². The van der Waals surface area contributed by atoms with E-state index in [0.717, 1.165) is 11.3 Å². The van der Waals surface area contributed by atoms with Crippen LogP contribution in [0.5, 0.6) is 0 Å². The molecule has 88 valence electrons. The second kappa shape index (κ2) is 4.78. The number of hydrogen-bond acceptors (Lipinski definition) is 3. The maximum absolute atomic E-state index is 12.0. The third kappa shape index (κ3) is 2.50. The van der Waals surface area contributed by atoms with E-state index in [0.29, 0.717) is 5.56 Å². The maximum Gasteiger partial charge on any atom is 0.253 e. The number of rotatable bonds is 3. The number of H-pyrrole nitrogens is 1. The normalized spacial score (nSPS) is 12.1. The molecule has 2 rings (SSSR count). The van der Waals surface area contributed by atoms with Gasteiger partial charge in [-0.15, -0.1) is 0 Å². The third-order valence-corrected chi connectivity index (χ3v) is 2.62. The topological polar surface area (TPSA) is 70.7 Å². The van der Waals surface area contributed by atoms with Gasteiger partial charge in [-0.3, -0.25) is 14.9 Å². The largest absolute Gasteiger partial charge is 0.345 e. The Morgan fingerprint density at radius 3 is 3.00 bits per heavy atom. The van der Waals surface area contributed by atoms with Crippen LogP contribution in [0.1, 0.15) is 34.6 Å². The van der Waals surface area contributed by atoms with Crippen LogP contribution in [-0.4, -0.2) is 21.1 Å². The Labute approximate surface area is 99.3 Å². The molecule has 1 atom stereocenters. The molecule has 5 nitrogen and oxygen atoms in total. The van der Waals surface area contributed by atoms with Gasteiger partial charge in [0.05, 0.1) is 17.8 Å². The van der Waals surface area contributed by atoms with Gasteiger partial charge in [0.15, 0.2) is 0 Å². The minimum Gasteiger partial charge on any atom is -0.345 e. The van der Waals surface area contributed by atoms with Crippen LogP contribution in [0, 0.1) is 6.92 Å². The van der Waals surface area contributed by atoms with Crippen molar-refractivity contribution in [1.29, 1.82) is 0 Å². The van der Waals surface area contributed by atoms with Gasteiger partial charge < -0.3 is 5.32 Å². The number of carbonyl (C=O) groups excluding carboxylic acids is 1. The predicted octanol–water partition coefficient (Wildman–Crippen LogP) is 1.60. The molecule has 0 spiro atoms. The number of aryl methyl sites for hydroxylation is 1. The van der Waals surface area contributed by atoms with Crippen molar-refractivity contribution < 1.29 is 4.79 Å². The van der Waals surface area contributed by atoms with Crippen LogP contribution in [-0.2, 0) is 0 Å². The summed E-state index contributed by atoms with van der Waals surface area (Å²) in [6.07, 6.45) is 5.13. The van der Waals surface area contributed by atoms with E-state index < -0.39 is 0 Å². The number of amides is 1. The van der Waals surface area contributed by atoms with E-state index in [-0.39, 0.29) is 11.9 Å². The lowest BCUT2D eigenvalue weighted by molar-refractivity contribution is 0.0939. The lowest BCUT2D eigenvalue weighted by Gasteiger charge is -2.12. The first-order chi connectivity index (χ1) is 8.18. The van der Waals surface area contributed by atoms with Crippen molar-refractivity contribution in [3.05, 3.63) is 47.5 Å². The minimum atomic E-state index is -0.121. The van der Waals surface area contributed by atoms with Gasteiger partial charge in [0.25, 0.3) is 5.91 Å². The summed E-state index contributed by atoms with van der Waals surface area (Å²) in [6.45, 7) is 3.73. The average molecular weight is 230 g/mol. The molecule has 0 fully saturated rings. The van der Waals surface area contributed by atoms with Gasteiger partial charge >= 0.3 is 0 Å². The second-order valence-corrected chi connectivity index (χ2v) is 3.86. The fraction of sp³-hybridized carbons (Fsp3) is 0.250. The lowest BCUT2D eigenvalue weighted by atomic mass is 10.1. The van der Waals surface area contributed by atoms with Crippen molar-refractivity contribution in [3.63, 3.8) is 0 Å². The molecule has 2 heterocycles. The Hall–Kier alpha value is -2.17. The molecule has 5 heteroatoms. The molecule has 0 aliphatic rings. The second-order valence-electron chi connectivity index (χ2n) is 3.86. The Morgan fingerprint density at radius 2 is 2.35 bits per heavy atom. The molecule has 0 saturated heterocycles. The highest BCUT2D eigenvalue weighted by Gasteiger charge is 2.13. The van der Waals surface area contributed by atoms with E-state index in [1.807, 2.05) is 13.8 Å². The molecular formula is C12H14N4O. The van der Waals surface area contributed by atoms with Crippen molar-refractivity contribution in [2.24, 2.45) is 0 Å². The average Bonchev–Trinajstić information content (AvgIpc) is 2.82. The molecule has 0 aliphatic carbocycles. The van der Waals surface area contributed by atoms with Crippen molar-refractivity contribution in [1.82, 2.24) is 20.5 Å². The Kier molecular flexibility index (Phi) is 3.18. The van der Waals surface area contributed by atoms with Gasteiger partial charge in [0.2, 0.25) is 0 Å². The number of pyridine rings is 1. The van der Waals surface area contributed by atoms with Crippen LogP contribution >= 0.6 is 0 Å². The molecular weight excluding hydrogens is 216 g/mol. The smallest absolute Gasteiger partial charge is 0.253 e. The summed E-state index contributed by atoms with van der Waals surface area (Å²) in [5.41, 5.74) is 2.27. The van der Waals surface area contributed by atoms with Crippen molar-refractivity contribution in [3.8, 4) is 0 Å². The van der Waals surface area contributed by atoms with Crippen LogP contribution in [0.3, 0.4) is 0 Å². The molecule has 17 heavy (non-hydrogen) atoms. The fourth-order valence-corrected chi connectivity index (χ4v) is 1.58. The Morgan fingerprint density at radius 1 is 1.53 bits per heavy atom. The van der Waals surface area contributed by atoms with Gasteiger partial charge in [0, 0.05) is 23.7 Å². The molecule has 0 saturated carbocycles. The highest BCUT2D eigenvalue weighted by molar-refractivity contribution is 5.95. The van der Waals surface area contributed by atoms with E-state index in [4.69, 9.17) is 0 Å². The predicted molar refractivity (Wildman–Crippen MR) is 63.4 cm³/mol. The zero-order chi connectivity index (χ0) is 12.3. The zero-order valence-electron chi connectivity index (χ0n) is 9.77. The quantitative estimate of drug-likeness (QED) is 0.841. The standard InChI is InChI=1S/C12H14N4O/c1-8(10-6-14-15-7-10)16-12(17)11-4-3-5-13-9(11)2/h3-8H,1-2H3,(H,14,15)(H,16,17). The first-order valence-corrected chi connectivity index (χ1v) is 5.39. The van der Waals surface area contributed by atoms with Gasteiger partial charge in [-0.2, -0.15) is 5.10 Å². The van der Waals surface area contributed by atoms with Crippen LogP contribution in [0.2, 0.25) is 0 Å². The summed E-state index contributed by atoms with van der Waals surface area (Å²) < 4.78 is 0. The molecule has 0 aromatic carbocycles. The maximum atomic E-state index is 12.0. The Bertz CT molecular complexity index is 507. The highest BCUT2D eigenvalue weighted by Crippen LogP contribution is 2.11. The van der Waals surface area contributed by atoms with E-state index in [9.17, 15) is 4.79 Å². The molecule has 2 aromatic rings. The summed E-state index contributed by atoms with van der Waals surface area (Å²) in [4.78, 5) is 16.1. The lowest BCUT2D eigenvalue weighted by Crippen LogP contribution is -2.27. The molecule has 0 bridgehead atoms. The van der Waals surface area contributed by atoms with Crippen molar-refractivity contribution in [2.75, 3.05) is 0 Å². The summed E-state index contributed by atoms with van der Waals surface area (Å²) in [7, 11) is 0. The van der Waals surface area contributed by atoms with Gasteiger partial charge in [-0.1, -0.05) is 0 Å². The highest BCUT2D eigenvalue weighted by atomic mass is 16.1. The summed E-state index contributed by atoms with van der Waals surface area (Å²) in [5.74, 6) is -0.121. The SMILES string of the molecule is Cc1ncccc1C(=O)NC(C)c1cn[nH]c1. The van der Waals surface area contributed by atoms with Crippen molar-refractivity contribution in [2.45, 2.75) is 19.9 Å². The molecule has 2 N–H and O–H groups in total. The van der Waals surface area contributed by atoms with Crippen LogP contribution in [0.25, 0.3) is 0 Å². The van der Waals surface area contributed by atoms with Crippen LogP contribution in [0.4, 0.5) is 0 Å². The van der Waals surface area contributed by atoms with Gasteiger partial charge in [0.1, 0.15) is 0 Å². The Balaban J connectivity index is 2.10. The zero-order valence-corrected chi connectivity index (χ0v) is 9.77. The first-order valence-electron chi connectivity index (χ1n) is 5.39. The minimum absolute atomic E-state index is 0.0825. The summed E-state index contributed by atoms with van der Waals surface area (Å²) >= 11 is 0. The first kappa shape index (κ1) is 11.3. The fourth-order valence-electron chi connectivity index (χ4n) is 1.58. The molecule has 0 radical (unpaired) electrons.